The van der Waals surface area contributed by atoms with Crippen LogP contribution in [0.2, 0.25) is 0 Å². The third kappa shape index (κ3) is 3.39. The average Bonchev–Trinajstić information content (AvgIpc) is 2.59. The molecule has 1 aromatic carbocycles. The van der Waals surface area contributed by atoms with E-state index in [-0.39, 0.29) is 5.78 Å². The molecule has 92 valence electrons. The van der Waals surface area contributed by atoms with Crippen molar-refractivity contribution in [1.82, 2.24) is 4.90 Å². The van der Waals surface area contributed by atoms with E-state index in [9.17, 15) is 4.79 Å². The first-order chi connectivity index (χ1) is 7.96. The molecule has 2 rings (SSSR count). The molecule has 0 aliphatic carbocycles. The quantitative estimate of drug-likeness (QED) is 0.797. The lowest BCUT2D eigenvalue weighted by molar-refractivity contribution is 0.0940. The number of hydrogen-bond acceptors (Lipinski definition) is 2. The molecule has 0 unspecified atom stereocenters. The lowest BCUT2D eigenvalue weighted by Gasteiger charge is -2.18. The van der Waals surface area contributed by atoms with Gasteiger partial charge in [0.05, 0.1) is 6.54 Å². The summed E-state index contributed by atoms with van der Waals surface area (Å²) in [5, 5.41) is 0. The van der Waals surface area contributed by atoms with Crippen molar-refractivity contribution in [3.63, 3.8) is 0 Å². The Balaban J connectivity index is 1.96. The summed E-state index contributed by atoms with van der Waals surface area (Å²) >= 11 is 3.38. The van der Waals surface area contributed by atoms with E-state index < -0.39 is 0 Å². The molecule has 0 saturated carbocycles. The van der Waals surface area contributed by atoms with E-state index in [2.05, 4.69) is 34.7 Å². The van der Waals surface area contributed by atoms with Crippen molar-refractivity contribution in [2.75, 3.05) is 19.6 Å². The Morgan fingerprint density at radius 3 is 2.53 bits per heavy atom. The van der Waals surface area contributed by atoms with E-state index in [0.717, 1.165) is 23.1 Å². The average molecular weight is 296 g/mol. The molecule has 1 saturated heterocycles. The van der Waals surface area contributed by atoms with E-state index >= 15 is 0 Å². The third-order valence-electron chi connectivity index (χ3n) is 3.29. The van der Waals surface area contributed by atoms with Gasteiger partial charge in [-0.1, -0.05) is 41.9 Å². The van der Waals surface area contributed by atoms with Crippen LogP contribution in [0.1, 0.15) is 30.6 Å². The van der Waals surface area contributed by atoms with Crippen LogP contribution in [0.5, 0.6) is 0 Å². The summed E-state index contributed by atoms with van der Waals surface area (Å²) in [4.78, 5) is 14.3. The van der Waals surface area contributed by atoms with Crippen molar-refractivity contribution in [3.8, 4) is 0 Å². The van der Waals surface area contributed by atoms with Crippen molar-refractivity contribution in [3.05, 3.63) is 34.3 Å². The Bertz CT molecular complexity index is 411. The van der Waals surface area contributed by atoms with Gasteiger partial charge < -0.3 is 0 Å². The Morgan fingerprint density at radius 2 is 2.00 bits per heavy atom. The number of benzene rings is 1. The van der Waals surface area contributed by atoms with Gasteiger partial charge in [0.25, 0.3) is 0 Å². The molecule has 1 heterocycles. The summed E-state index contributed by atoms with van der Waals surface area (Å²) in [5.74, 6) is 0.218. The van der Waals surface area contributed by atoms with Crippen LogP contribution in [0.3, 0.4) is 0 Å². The van der Waals surface area contributed by atoms with Crippen molar-refractivity contribution in [2.24, 2.45) is 5.41 Å². The van der Waals surface area contributed by atoms with Crippen LogP contribution in [-0.2, 0) is 0 Å². The van der Waals surface area contributed by atoms with Crippen LogP contribution < -0.4 is 0 Å². The normalized spacial score (nSPS) is 19.5. The van der Waals surface area contributed by atoms with Gasteiger partial charge in [-0.15, -0.1) is 0 Å². The van der Waals surface area contributed by atoms with Crippen LogP contribution in [0, 0.1) is 5.41 Å². The van der Waals surface area contributed by atoms with Crippen LogP contribution in [0.25, 0.3) is 0 Å². The standard InChI is InChI=1S/C14H18BrNO/c1-14(2)7-8-16(10-14)9-13(17)11-3-5-12(15)6-4-11/h3-6H,7-10H2,1-2H3. The second kappa shape index (κ2) is 4.91. The van der Waals surface area contributed by atoms with Gasteiger partial charge in [0.15, 0.2) is 5.78 Å². The minimum atomic E-state index is 0.218. The number of halogens is 1. The van der Waals surface area contributed by atoms with Gasteiger partial charge in [-0.05, 0) is 30.5 Å². The molecule has 0 radical (unpaired) electrons. The van der Waals surface area contributed by atoms with E-state index in [1.807, 2.05) is 24.3 Å². The maximum Gasteiger partial charge on any atom is 0.176 e. The lowest BCUT2D eigenvalue weighted by Crippen LogP contribution is -2.29. The largest absolute Gasteiger partial charge is 0.295 e. The molecule has 1 aliphatic heterocycles. The van der Waals surface area contributed by atoms with Gasteiger partial charge in [0, 0.05) is 16.6 Å². The second-order valence-electron chi connectivity index (χ2n) is 5.55. The highest BCUT2D eigenvalue weighted by Gasteiger charge is 2.30. The minimum Gasteiger partial charge on any atom is -0.295 e. The topological polar surface area (TPSA) is 20.3 Å². The van der Waals surface area contributed by atoms with Gasteiger partial charge in [-0.25, -0.2) is 0 Å². The first-order valence-corrected chi connectivity index (χ1v) is 6.77. The Kier molecular flexibility index (Phi) is 3.69. The molecule has 0 N–H and O–H groups in total. The van der Waals surface area contributed by atoms with Gasteiger partial charge in [-0.2, -0.15) is 0 Å². The molecule has 1 aromatic rings. The maximum atomic E-state index is 12.1. The fraction of sp³-hybridized carbons (Fsp3) is 0.500. The molecule has 2 nitrogen and oxygen atoms in total. The Hall–Kier alpha value is -0.670. The first-order valence-electron chi connectivity index (χ1n) is 5.97. The van der Waals surface area contributed by atoms with Crippen LogP contribution in [0.15, 0.2) is 28.7 Å². The highest BCUT2D eigenvalue weighted by Crippen LogP contribution is 2.28. The van der Waals surface area contributed by atoms with E-state index in [4.69, 9.17) is 0 Å². The summed E-state index contributed by atoms with van der Waals surface area (Å²) < 4.78 is 1.01. The summed E-state index contributed by atoms with van der Waals surface area (Å²) in [6, 6.07) is 7.60. The van der Waals surface area contributed by atoms with Crippen LogP contribution >= 0.6 is 15.9 Å². The number of rotatable bonds is 3. The zero-order valence-corrected chi connectivity index (χ0v) is 12.0. The van der Waals surface area contributed by atoms with Crippen molar-refractivity contribution in [2.45, 2.75) is 20.3 Å². The summed E-state index contributed by atoms with van der Waals surface area (Å²) in [6.45, 7) is 7.13. The smallest absolute Gasteiger partial charge is 0.176 e. The first kappa shape index (κ1) is 12.8. The Morgan fingerprint density at radius 1 is 1.35 bits per heavy atom. The lowest BCUT2D eigenvalue weighted by atomic mass is 9.93. The Labute approximate surface area is 111 Å². The molecule has 0 amide bonds. The van der Waals surface area contributed by atoms with Crippen LogP contribution in [-0.4, -0.2) is 30.3 Å². The summed E-state index contributed by atoms with van der Waals surface area (Å²) in [7, 11) is 0. The molecule has 3 heteroatoms. The van der Waals surface area contributed by atoms with E-state index in [1.165, 1.54) is 6.42 Å². The SMILES string of the molecule is CC1(C)CCN(CC(=O)c2ccc(Br)cc2)C1. The number of likely N-dealkylation sites (tertiary alicyclic amines) is 1. The minimum absolute atomic E-state index is 0.218. The zero-order valence-electron chi connectivity index (χ0n) is 10.4. The number of carbonyl (C=O) groups is 1. The molecule has 0 atom stereocenters. The molecular formula is C14H18BrNO. The highest BCUT2D eigenvalue weighted by molar-refractivity contribution is 9.10. The van der Waals surface area contributed by atoms with Crippen molar-refractivity contribution < 1.29 is 4.79 Å². The zero-order chi connectivity index (χ0) is 12.5. The predicted octanol–water partition coefficient (Wildman–Crippen LogP) is 3.36. The van der Waals surface area contributed by atoms with Crippen LogP contribution in [0.4, 0.5) is 0 Å². The third-order valence-corrected chi connectivity index (χ3v) is 3.82. The fourth-order valence-corrected chi connectivity index (χ4v) is 2.55. The molecule has 17 heavy (non-hydrogen) atoms. The molecule has 1 aliphatic rings. The monoisotopic (exact) mass is 295 g/mol. The molecular weight excluding hydrogens is 278 g/mol. The second-order valence-corrected chi connectivity index (χ2v) is 6.47. The number of nitrogens with zero attached hydrogens (tertiary/aromatic N) is 1. The van der Waals surface area contributed by atoms with Gasteiger partial charge >= 0.3 is 0 Å². The molecule has 0 spiro atoms. The van der Waals surface area contributed by atoms with Gasteiger partial charge in [-0.3, -0.25) is 9.69 Å². The highest BCUT2D eigenvalue weighted by atomic mass is 79.9. The van der Waals surface area contributed by atoms with Crippen molar-refractivity contribution >= 4 is 21.7 Å². The fourth-order valence-electron chi connectivity index (χ4n) is 2.29. The molecule has 0 aromatic heterocycles. The number of hydrogen-bond donors (Lipinski definition) is 0. The van der Waals surface area contributed by atoms with E-state index in [0.29, 0.717) is 12.0 Å². The summed E-state index contributed by atoms with van der Waals surface area (Å²) in [5.41, 5.74) is 1.16. The van der Waals surface area contributed by atoms with Gasteiger partial charge in [0.2, 0.25) is 0 Å². The number of carbonyl (C=O) groups excluding carboxylic acids is 1. The molecule has 1 fully saturated rings. The molecule has 0 bridgehead atoms. The predicted molar refractivity (Wildman–Crippen MR) is 73.3 cm³/mol. The number of ketones is 1. The maximum absolute atomic E-state index is 12.1. The van der Waals surface area contributed by atoms with E-state index in [1.54, 1.807) is 0 Å². The van der Waals surface area contributed by atoms with Gasteiger partial charge in [0.1, 0.15) is 0 Å². The number of Topliss-reactive ketones (excluding diaryl/α,β-unsaturated/α-hetero) is 1. The summed E-state index contributed by atoms with van der Waals surface area (Å²) in [6.07, 6.45) is 1.18. The van der Waals surface area contributed by atoms with Crippen molar-refractivity contribution in [1.29, 1.82) is 0 Å².